The highest BCUT2D eigenvalue weighted by Crippen LogP contribution is 2.54. The average molecular weight is 299 g/mol. The second-order valence-corrected chi connectivity index (χ2v) is 8.10. The van der Waals surface area contributed by atoms with E-state index in [1.165, 1.54) is 10.9 Å². The molecule has 10 heteroatoms. The van der Waals surface area contributed by atoms with E-state index in [0.29, 0.717) is 0 Å². The number of nitrogens with two attached hydrogens (primary N) is 1. The minimum atomic E-state index is -2.79. The van der Waals surface area contributed by atoms with Crippen LogP contribution in [0.1, 0.15) is 6.04 Å². The van der Waals surface area contributed by atoms with Crippen molar-refractivity contribution >= 4 is 24.3 Å². The number of imidazole rings is 1. The maximum atomic E-state index is 12.2. The van der Waals surface area contributed by atoms with Crippen LogP contribution in [0.2, 0.25) is 0 Å². The molecule has 3 heterocycles. The third kappa shape index (κ3) is 1.94. The largest absolute Gasteiger partial charge is 0.390 e. The Morgan fingerprint density at radius 2 is 2.30 bits per heavy atom. The van der Waals surface area contributed by atoms with Crippen molar-refractivity contribution in [3.63, 3.8) is 0 Å². The first-order chi connectivity index (χ1) is 9.43. The normalized spacial score (nSPS) is 30.1. The van der Waals surface area contributed by atoms with E-state index in [1.54, 1.807) is 0 Å². The van der Waals surface area contributed by atoms with E-state index < -0.39 is 31.2 Å². The Morgan fingerprint density at radius 1 is 1.55 bits per heavy atom. The molecular weight excluding hydrogens is 285 g/mol. The molecule has 0 saturated carbocycles. The number of anilines is 1. The fourth-order valence-corrected chi connectivity index (χ4v) is 4.98. The molecule has 1 saturated heterocycles. The smallest absolute Gasteiger partial charge is 0.280 e. The Morgan fingerprint density at radius 3 is 2.95 bits per heavy atom. The number of aromatic amines is 1. The highest BCUT2D eigenvalue weighted by molar-refractivity contribution is 7.64. The summed E-state index contributed by atoms with van der Waals surface area (Å²) in [6.07, 6.45) is 0.237. The van der Waals surface area contributed by atoms with Gasteiger partial charge in [0.2, 0.25) is 5.95 Å². The summed E-state index contributed by atoms with van der Waals surface area (Å²) in [5, 5.41) is 19.2. The van der Waals surface area contributed by atoms with E-state index in [2.05, 4.69) is 15.0 Å². The molecule has 0 amide bonds. The molecule has 0 bridgehead atoms. The van der Waals surface area contributed by atoms with Crippen LogP contribution in [-0.4, -0.2) is 54.5 Å². The van der Waals surface area contributed by atoms with Crippen molar-refractivity contribution in [3.8, 4) is 0 Å². The molecule has 108 valence electrons. The molecule has 20 heavy (non-hydrogen) atoms. The summed E-state index contributed by atoms with van der Waals surface area (Å²) < 4.78 is 13.7. The molecule has 1 aliphatic heterocycles. The van der Waals surface area contributed by atoms with Crippen LogP contribution >= 0.6 is 7.14 Å². The van der Waals surface area contributed by atoms with E-state index >= 15 is 0 Å². The molecule has 2 aromatic rings. The van der Waals surface area contributed by atoms with Gasteiger partial charge < -0.3 is 25.1 Å². The van der Waals surface area contributed by atoms with Gasteiger partial charge >= 0.3 is 0 Å². The zero-order valence-corrected chi connectivity index (χ0v) is 11.3. The quantitative estimate of drug-likeness (QED) is 0.516. The summed E-state index contributed by atoms with van der Waals surface area (Å²) in [6, 6.07) is -0.535. The van der Waals surface area contributed by atoms with Crippen LogP contribution in [0.25, 0.3) is 11.2 Å². The third-order valence-electron chi connectivity index (χ3n) is 3.55. The SMILES string of the molecule is Nc1nc2c(ncn2[C@@H]2C[P@@](=O)(CO)C[C@H]2O)c(=O)[nH]1. The van der Waals surface area contributed by atoms with E-state index in [4.69, 9.17) is 5.73 Å². The van der Waals surface area contributed by atoms with Crippen molar-refractivity contribution < 1.29 is 14.8 Å². The first kappa shape index (κ1) is 13.3. The number of rotatable bonds is 2. The van der Waals surface area contributed by atoms with Gasteiger partial charge in [0, 0.05) is 12.3 Å². The summed E-state index contributed by atoms with van der Waals surface area (Å²) in [5.41, 5.74) is 5.38. The molecule has 9 nitrogen and oxygen atoms in total. The maximum Gasteiger partial charge on any atom is 0.280 e. The van der Waals surface area contributed by atoms with Gasteiger partial charge in [-0.25, -0.2) is 4.98 Å². The number of aliphatic hydroxyl groups is 2. The zero-order chi connectivity index (χ0) is 14.5. The molecule has 0 radical (unpaired) electrons. The average Bonchev–Trinajstić information content (AvgIpc) is 2.91. The summed E-state index contributed by atoms with van der Waals surface area (Å²) in [6.45, 7) is 0. The number of nitrogens with zero attached hydrogens (tertiary/aromatic N) is 3. The second kappa shape index (κ2) is 4.41. The van der Waals surface area contributed by atoms with Crippen LogP contribution in [0.3, 0.4) is 0 Å². The standard InChI is InChI=1S/C10H14N5O4P/c11-10-13-8-7(9(18)14-10)12-3-15(8)5-1-20(19,4-16)2-6(5)17/h3,5-6,16-17H,1-2,4H2,(H3,11,13,14,18)/t5-,6-,20+/m1/s1. The van der Waals surface area contributed by atoms with Crippen LogP contribution in [-0.2, 0) is 4.57 Å². The Kier molecular flexibility index (Phi) is 2.93. The Bertz CT molecular complexity index is 769. The lowest BCUT2D eigenvalue weighted by molar-refractivity contribution is 0.154. The highest BCUT2D eigenvalue weighted by Gasteiger charge is 2.42. The zero-order valence-electron chi connectivity index (χ0n) is 10.4. The van der Waals surface area contributed by atoms with Crippen LogP contribution in [0.15, 0.2) is 11.1 Å². The minimum absolute atomic E-state index is 0.0481. The number of nitrogens with one attached hydrogen (secondary N) is 1. The van der Waals surface area contributed by atoms with Gasteiger partial charge in [-0.05, 0) is 0 Å². The second-order valence-electron chi connectivity index (χ2n) is 4.97. The molecule has 2 aromatic heterocycles. The highest BCUT2D eigenvalue weighted by atomic mass is 31.2. The molecule has 0 unspecified atom stereocenters. The molecule has 0 spiro atoms. The van der Waals surface area contributed by atoms with Crippen molar-refractivity contribution in [2.75, 3.05) is 24.4 Å². The van der Waals surface area contributed by atoms with Gasteiger partial charge in [-0.3, -0.25) is 9.78 Å². The van der Waals surface area contributed by atoms with Crippen molar-refractivity contribution in [2.45, 2.75) is 12.1 Å². The molecule has 3 rings (SSSR count). The third-order valence-corrected chi connectivity index (χ3v) is 6.14. The van der Waals surface area contributed by atoms with Crippen molar-refractivity contribution in [1.29, 1.82) is 0 Å². The number of nitrogen functional groups attached to an aromatic ring is 1. The van der Waals surface area contributed by atoms with Crippen LogP contribution in [0, 0.1) is 0 Å². The number of fused-ring (bicyclic) bond motifs is 1. The predicted molar refractivity (Wildman–Crippen MR) is 72.0 cm³/mol. The topological polar surface area (TPSA) is 147 Å². The molecule has 5 N–H and O–H groups in total. The van der Waals surface area contributed by atoms with Crippen LogP contribution < -0.4 is 11.3 Å². The summed E-state index contributed by atoms with van der Waals surface area (Å²) in [7, 11) is -2.79. The van der Waals surface area contributed by atoms with E-state index in [9.17, 15) is 19.6 Å². The lowest BCUT2D eigenvalue weighted by Crippen LogP contribution is -2.22. The fraction of sp³-hybridized carbons (Fsp3) is 0.500. The van der Waals surface area contributed by atoms with Gasteiger partial charge in [0.15, 0.2) is 11.2 Å². The summed E-state index contributed by atoms with van der Waals surface area (Å²) in [5.74, 6) is -0.0536. The molecule has 3 atom stereocenters. The number of aromatic nitrogens is 4. The monoisotopic (exact) mass is 299 g/mol. The van der Waals surface area contributed by atoms with Crippen LogP contribution in [0.4, 0.5) is 5.95 Å². The van der Waals surface area contributed by atoms with Crippen molar-refractivity contribution in [1.82, 2.24) is 19.5 Å². The van der Waals surface area contributed by atoms with Crippen molar-refractivity contribution in [3.05, 3.63) is 16.7 Å². The predicted octanol–water partition coefficient (Wildman–Crippen LogP) is -1.07. The Labute approximate surface area is 112 Å². The molecule has 0 aliphatic carbocycles. The van der Waals surface area contributed by atoms with Crippen molar-refractivity contribution in [2.24, 2.45) is 0 Å². The number of H-pyrrole nitrogens is 1. The van der Waals surface area contributed by atoms with Crippen LogP contribution in [0.5, 0.6) is 0 Å². The Hall–Kier alpha value is -1.70. The van der Waals surface area contributed by atoms with Gasteiger partial charge in [-0.1, -0.05) is 0 Å². The molecule has 1 fully saturated rings. The first-order valence-corrected chi connectivity index (χ1v) is 8.28. The molecule has 0 aromatic carbocycles. The molecular formula is C10H14N5O4P. The number of aliphatic hydroxyl groups excluding tert-OH is 2. The van der Waals surface area contributed by atoms with Gasteiger partial charge in [0.25, 0.3) is 5.56 Å². The van der Waals surface area contributed by atoms with E-state index in [1.807, 2.05) is 0 Å². The fourth-order valence-electron chi connectivity index (χ4n) is 2.57. The first-order valence-electron chi connectivity index (χ1n) is 6.02. The minimum Gasteiger partial charge on any atom is -0.390 e. The van der Waals surface area contributed by atoms with E-state index in [0.717, 1.165) is 0 Å². The number of hydrogen-bond donors (Lipinski definition) is 4. The summed E-state index contributed by atoms with van der Waals surface area (Å²) >= 11 is 0. The van der Waals surface area contributed by atoms with Gasteiger partial charge in [-0.15, -0.1) is 0 Å². The Balaban J connectivity index is 2.12. The van der Waals surface area contributed by atoms with Gasteiger partial charge in [0.05, 0.1) is 24.8 Å². The lowest BCUT2D eigenvalue weighted by Gasteiger charge is -2.15. The maximum absolute atomic E-state index is 12.2. The van der Waals surface area contributed by atoms with Gasteiger partial charge in [0.1, 0.15) is 7.14 Å². The lowest BCUT2D eigenvalue weighted by atomic mass is 10.2. The van der Waals surface area contributed by atoms with E-state index in [-0.39, 0.29) is 29.4 Å². The van der Waals surface area contributed by atoms with Gasteiger partial charge in [-0.2, -0.15) is 4.98 Å². The summed E-state index contributed by atoms with van der Waals surface area (Å²) in [4.78, 5) is 22.0. The number of hydrogen-bond acceptors (Lipinski definition) is 7. The molecule has 1 aliphatic rings.